The highest BCUT2D eigenvalue weighted by Gasteiger charge is 2.25. The van der Waals surface area contributed by atoms with E-state index < -0.39 is 0 Å². The van der Waals surface area contributed by atoms with Gasteiger partial charge in [-0.2, -0.15) is 0 Å². The second-order valence-electron chi connectivity index (χ2n) is 3.18. The lowest BCUT2D eigenvalue weighted by Gasteiger charge is -2.00. The van der Waals surface area contributed by atoms with Crippen molar-refractivity contribution >= 4 is 31.9 Å². The van der Waals surface area contributed by atoms with E-state index in [1.807, 2.05) is 12.1 Å². The van der Waals surface area contributed by atoms with Gasteiger partial charge in [-0.15, -0.1) is 0 Å². The van der Waals surface area contributed by atoms with E-state index in [0.717, 1.165) is 22.3 Å². The van der Waals surface area contributed by atoms with Crippen LogP contribution < -0.4 is 0 Å². The summed E-state index contributed by atoms with van der Waals surface area (Å²) in [5.74, 6) is 0.943. The first kappa shape index (κ1) is 8.68. The molecular weight excluding hydrogens is 310 g/mol. The molecule has 0 spiro atoms. The molecule has 1 aliphatic rings. The molecular formula is C10H5Br2NO. The van der Waals surface area contributed by atoms with Gasteiger partial charge in [-0.05, 0) is 11.6 Å². The Labute approximate surface area is 97.6 Å². The van der Waals surface area contributed by atoms with Crippen molar-refractivity contribution in [2.75, 3.05) is 0 Å². The maximum Gasteiger partial charge on any atom is 0.264 e. The molecule has 3 rings (SSSR count). The predicted molar refractivity (Wildman–Crippen MR) is 60.1 cm³/mol. The van der Waals surface area contributed by atoms with Crippen LogP contribution >= 0.6 is 31.9 Å². The van der Waals surface area contributed by atoms with Crippen LogP contribution in [-0.4, -0.2) is 4.98 Å². The highest BCUT2D eigenvalue weighted by atomic mass is 79.9. The Hall–Kier alpha value is -0.610. The minimum atomic E-state index is 0.563. The Morgan fingerprint density at radius 1 is 1.29 bits per heavy atom. The quantitative estimate of drug-likeness (QED) is 0.631. The normalized spacial score (nSPS) is 12.7. The van der Waals surface area contributed by atoms with Crippen molar-refractivity contribution in [3.8, 4) is 11.3 Å². The smallest absolute Gasteiger partial charge is 0.264 e. The Kier molecular flexibility index (Phi) is 1.82. The number of nitrogens with zero attached hydrogens (tertiary/aromatic N) is 1. The Morgan fingerprint density at radius 3 is 3.00 bits per heavy atom. The predicted octanol–water partition coefficient (Wildman–Crippen LogP) is 3.77. The number of rotatable bonds is 0. The highest BCUT2D eigenvalue weighted by Crippen LogP contribution is 2.40. The van der Waals surface area contributed by atoms with Crippen molar-refractivity contribution in [1.29, 1.82) is 0 Å². The third kappa shape index (κ3) is 1.10. The molecule has 0 N–H and O–H groups in total. The summed E-state index contributed by atoms with van der Waals surface area (Å²) < 4.78 is 6.57. The second kappa shape index (κ2) is 2.94. The van der Waals surface area contributed by atoms with Gasteiger partial charge in [0.05, 0.1) is 0 Å². The minimum Gasteiger partial charge on any atom is -0.435 e. The zero-order valence-electron chi connectivity index (χ0n) is 7.05. The summed E-state index contributed by atoms with van der Waals surface area (Å²) in [6.45, 7) is 0. The molecule has 0 bridgehead atoms. The fourth-order valence-electron chi connectivity index (χ4n) is 1.77. The monoisotopic (exact) mass is 313 g/mol. The number of halogens is 2. The van der Waals surface area contributed by atoms with E-state index in [2.05, 4.69) is 42.9 Å². The molecule has 1 aromatic heterocycles. The van der Waals surface area contributed by atoms with Crippen molar-refractivity contribution in [1.82, 2.24) is 4.98 Å². The summed E-state index contributed by atoms with van der Waals surface area (Å²) in [7, 11) is 0. The SMILES string of the molecule is Brc1nc2c(o1)Cc1c(Br)cccc1-2. The van der Waals surface area contributed by atoms with E-state index in [4.69, 9.17) is 4.42 Å². The average Bonchev–Trinajstić information content (AvgIpc) is 2.63. The number of aromatic nitrogens is 1. The van der Waals surface area contributed by atoms with E-state index in [-0.39, 0.29) is 0 Å². The third-order valence-corrected chi connectivity index (χ3v) is 3.46. The van der Waals surface area contributed by atoms with Crippen molar-refractivity contribution < 1.29 is 4.42 Å². The van der Waals surface area contributed by atoms with Gasteiger partial charge in [0.1, 0.15) is 11.5 Å². The van der Waals surface area contributed by atoms with E-state index in [1.165, 1.54) is 11.1 Å². The largest absolute Gasteiger partial charge is 0.435 e. The molecule has 0 atom stereocenters. The topological polar surface area (TPSA) is 26.0 Å². The first-order valence-corrected chi connectivity index (χ1v) is 5.77. The highest BCUT2D eigenvalue weighted by molar-refractivity contribution is 9.10. The van der Waals surface area contributed by atoms with E-state index in [1.54, 1.807) is 0 Å². The zero-order chi connectivity index (χ0) is 9.71. The zero-order valence-corrected chi connectivity index (χ0v) is 10.2. The standard InChI is InChI=1S/C10H5Br2NO/c11-7-3-1-2-5-6(7)4-8-9(5)13-10(12)14-8/h1-3H,4H2. The maximum absolute atomic E-state index is 5.45. The molecule has 2 nitrogen and oxygen atoms in total. The Morgan fingerprint density at radius 2 is 2.14 bits per heavy atom. The number of hydrogen-bond donors (Lipinski definition) is 0. The fraction of sp³-hybridized carbons (Fsp3) is 0.100. The third-order valence-electron chi connectivity index (χ3n) is 2.38. The molecule has 0 fully saturated rings. The molecule has 0 radical (unpaired) electrons. The molecule has 2 aromatic rings. The van der Waals surface area contributed by atoms with Gasteiger partial charge in [0.25, 0.3) is 4.80 Å². The van der Waals surface area contributed by atoms with Crippen LogP contribution in [0.15, 0.2) is 31.9 Å². The summed E-state index contributed by atoms with van der Waals surface area (Å²) in [6.07, 6.45) is 0.824. The van der Waals surface area contributed by atoms with Crippen LogP contribution in [0.25, 0.3) is 11.3 Å². The van der Waals surface area contributed by atoms with Gasteiger partial charge in [0.2, 0.25) is 0 Å². The maximum atomic E-state index is 5.45. The van der Waals surface area contributed by atoms with Gasteiger partial charge < -0.3 is 4.42 Å². The van der Waals surface area contributed by atoms with Gasteiger partial charge in [-0.3, -0.25) is 0 Å². The molecule has 0 unspecified atom stereocenters. The Balaban J connectivity index is 2.30. The molecule has 0 saturated carbocycles. The van der Waals surface area contributed by atoms with Crippen LogP contribution in [0.1, 0.15) is 11.3 Å². The molecule has 70 valence electrons. The van der Waals surface area contributed by atoms with Crippen LogP contribution in [0.5, 0.6) is 0 Å². The van der Waals surface area contributed by atoms with Crippen LogP contribution in [0, 0.1) is 0 Å². The number of oxazole rings is 1. The number of fused-ring (bicyclic) bond motifs is 3. The average molecular weight is 315 g/mol. The van der Waals surface area contributed by atoms with Crippen LogP contribution in [0.3, 0.4) is 0 Å². The lowest BCUT2D eigenvalue weighted by atomic mass is 10.1. The van der Waals surface area contributed by atoms with Crippen molar-refractivity contribution in [3.63, 3.8) is 0 Å². The summed E-state index contributed by atoms with van der Waals surface area (Å²) in [5, 5.41) is 0. The van der Waals surface area contributed by atoms with Crippen LogP contribution in [-0.2, 0) is 6.42 Å². The van der Waals surface area contributed by atoms with Gasteiger partial charge in [0.15, 0.2) is 0 Å². The van der Waals surface area contributed by atoms with Gasteiger partial charge in [-0.25, -0.2) is 4.98 Å². The summed E-state index contributed by atoms with van der Waals surface area (Å²) in [6, 6.07) is 6.13. The van der Waals surface area contributed by atoms with Gasteiger partial charge in [0, 0.05) is 32.4 Å². The molecule has 0 saturated heterocycles. The van der Waals surface area contributed by atoms with E-state index >= 15 is 0 Å². The van der Waals surface area contributed by atoms with Crippen LogP contribution in [0.2, 0.25) is 0 Å². The van der Waals surface area contributed by atoms with E-state index in [9.17, 15) is 0 Å². The minimum absolute atomic E-state index is 0.563. The number of benzene rings is 1. The van der Waals surface area contributed by atoms with Gasteiger partial charge >= 0.3 is 0 Å². The molecule has 0 aliphatic heterocycles. The lowest BCUT2D eigenvalue weighted by molar-refractivity contribution is 0.491. The fourth-order valence-corrected chi connectivity index (χ4v) is 2.65. The van der Waals surface area contributed by atoms with Crippen molar-refractivity contribution in [2.24, 2.45) is 0 Å². The molecule has 1 aliphatic carbocycles. The molecule has 1 aromatic carbocycles. The molecule has 14 heavy (non-hydrogen) atoms. The molecule has 0 amide bonds. The van der Waals surface area contributed by atoms with Crippen molar-refractivity contribution in [3.05, 3.63) is 38.8 Å². The lowest BCUT2D eigenvalue weighted by Crippen LogP contribution is -1.82. The van der Waals surface area contributed by atoms with Crippen molar-refractivity contribution in [2.45, 2.75) is 6.42 Å². The molecule has 4 heteroatoms. The van der Waals surface area contributed by atoms with Crippen LogP contribution in [0.4, 0.5) is 0 Å². The first-order valence-electron chi connectivity index (χ1n) is 4.18. The Bertz CT molecular complexity index is 519. The first-order chi connectivity index (χ1) is 6.75. The van der Waals surface area contributed by atoms with Gasteiger partial charge in [-0.1, -0.05) is 28.1 Å². The summed E-state index contributed by atoms with van der Waals surface area (Å²) in [5.41, 5.74) is 3.40. The summed E-state index contributed by atoms with van der Waals surface area (Å²) >= 11 is 6.77. The summed E-state index contributed by atoms with van der Waals surface area (Å²) in [4.78, 5) is 4.87. The van der Waals surface area contributed by atoms with E-state index in [0.29, 0.717) is 4.80 Å². The second-order valence-corrected chi connectivity index (χ2v) is 4.71. The number of hydrogen-bond acceptors (Lipinski definition) is 2. The molecule has 1 heterocycles.